The minimum Gasteiger partial charge on any atom is -0.338 e. The van der Waals surface area contributed by atoms with E-state index in [1.54, 1.807) is 21.2 Å². The predicted molar refractivity (Wildman–Crippen MR) is 140 cm³/mol. The molecular weight excluding hydrogens is 438 g/mol. The number of amides is 1. The van der Waals surface area contributed by atoms with Crippen molar-refractivity contribution < 1.29 is 4.79 Å². The standard InChI is InChI=1S/C28H39N5O2/c1-5-6-7-8-9-10-13-32-24(29)22(27(34)31-17-19(2)15-20(3)18-31)16-23-26(32)30-25-21(4)12-11-14-33(25)28(23)35/h11-12,14,16,19-20,29H,5-10,13,15,17-18H2,1-4H3. The maximum atomic E-state index is 13.6. The Morgan fingerprint density at radius 3 is 2.49 bits per heavy atom. The Bertz CT molecular complexity index is 1330. The summed E-state index contributed by atoms with van der Waals surface area (Å²) in [4.78, 5) is 33.9. The van der Waals surface area contributed by atoms with Crippen LogP contribution in [0.4, 0.5) is 0 Å². The van der Waals surface area contributed by atoms with Gasteiger partial charge < -0.3 is 9.47 Å². The number of hydrogen-bond donors (Lipinski definition) is 1. The molecule has 1 N–H and O–H groups in total. The highest BCUT2D eigenvalue weighted by molar-refractivity contribution is 5.97. The zero-order valence-corrected chi connectivity index (χ0v) is 21.6. The van der Waals surface area contributed by atoms with Crippen molar-refractivity contribution in [3.63, 3.8) is 0 Å². The maximum absolute atomic E-state index is 13.6. The van der Waals surface area contributed by atoms with Gasteiger partial charge in [-0.2, -0.15) is 0 Å². The summed E-state index contributed by atoms with van der Waals surface area (Å²) in [6.07, 6.45) is 9.57. The number of pyridine rings is 2. The summed E-state index contributed by atoms with van der Waals surface area (Å²) in [6, 6.07) is 5.39. The summed E-state index contributed by atoms with van der Waals surface area (Å²) < 4.78 is 3.35. The summed E-state index contributed by atoms with van der Waals surface area (Å²) in [5.74, 6) is 0.694. The van der Waals surface area contributed by atoms with Crippen LogP contribution in [0, 0.1) is 24.2 Å². The van der Waals surface area contributed by atoms with Gasteiger partial charge in [-0.3, -0.25) is 19.4 Å². The Kier molecular flexibility index (Phi) is 7.72. The van der Waals surface area contributed by atoms with E-state index in [-0.39, 0.29) is 17.0 Å². The number of fused-ring (bicyclic) bond motifs is 2. The van der Waals surface area contributed by atoms with E-state index in [2.05, 4.69) is 20.8 Å². The minimum atomic E-state index is -0.195. The summed E-state index contributed by atoms with van der Waals surface area (Å²) in [7, 11) is 0. The fourth-order valence-corrected chi connectivity index (χ4v) is 5.53. The number of carbonyl (C=O) groups is 1. The van der Waals surface area contributed by atoms with Gasteiger partial charge in [0.2, 0.25) is 0 Å². The van der Waals surface area contributed by atoms with Crippen molar-refractivity contribution in [2.75, 3.05) is 13.1 Å². The molecule has 188 valence electrons. The molecule has 1 saturated heterocycles. The highest BCUT2D eigenvalue weighted by Crippen LogP contribution is 2.23. The molecule has 7 nitrogen and oxygen atoms in total. The first kappa shape index (κ1) is 25.1. The quantitative estimate of drug-likeness (QED) is 0.369. The van der Waals surface area contributed by atoms with Crippen molar-refractivity contribution in [1.82, 2.24) is 18.9 Å². The third-order valence-electron chi connectivity index (χ3n) is 7.26. The molecule has 0 saturated carbocycles. The van der Waals surface area contributed by atoms with Crippen LogP contribution in [-0.2, 0) is 6.54 Å². The van der Waals surface area contributed by atoms with Gasteiger partial charge in [-0.25, -0.2) is 4.98 Å². The Morgan fingerprint density at radius 1 is 1.09 bits per heavy atom. The lowest BCUT2D eigenvalue weighted by Crippen LogP contribution is -2.45. The van der Waals surface area contributed by atoms with Crippen LogP contribution in [0.1, 0.15) is 81.6 Å². The predicted octanol–water partition coefficient (Wildman–Crippen LogP) is 4.92. The summed E-state index contributed by atoms with van der Waals surface area (Å²) in [5.41, 5.74) is 2.27. The van der Waals surface area contributed by atoms with Crippen LogP contribution < -0.4 is 11.0 Å². The summed E-state index contributed by atoms with van der Waals surface area (Å²) in [6.45, 7) is 10.4. The van der Waals surface area contributed by atoms with E-state index in [1.807, 2.05) is 24.0 Å². The zero-order chi connectivity index (χ0) is 25.1. The number of carbonyl (C=O) groups excluding carboxylic acids is 1. The molecule has 1 amide bonds. The van der Waals surface area contributed by atoms with E-state index in [1.165, 1.54) is 19.3 Å². The van der Waals surface area contributed by atoms with E-state index in [0.717, 1.165) is 31.2 Å². The van der Waals surface area contributed by atoms with Crippen molar-refractivity contribution in [3.05, 3.63) is 51.4 Å². The van der Waals surface area contributed by atoms with Gasteiger partial charge >= 0.3 is 0 Å². The number of hydrogen-bond acceptors (Lipinski definition) is 4. The molecule has 7 heteroatoms. The maximum Gasteiger partial charge on any atom is 0.267 e. The van der Waals surface area contributed by atoms with Crippen LogP contribution >= 0.6 is 0 Å². The fraction of sp³-hybridized carbons (Fsp3) is 0.571. The molecule has 0 aromatic carbocycles. The molecule has 0 bridgehead atoms. The molecule has 0 radical (unpaired) electrons. The number of piperidine rings is 1. The lowest BCUT2D eigenvalue weighted by molar-refractivity contribution is 0.0620. The Labute approximate surface area is 207 Å². The summed E-state index contributed by atoms with van der Waals surface area (Å²) in [5, 5.41) is 9.42. The van der Waals surface area contributed by atoms with Crippen molar-refractivity contribution in [1.29, 1.82) is 5.41 Å². The number of aryl methyl sites for hydroxylation is 2. The van der Waals surface area contributed by atoms with E-state index < -0.39 is 0 Å². The first-order chi connectivity index (χ1) is 16.8. The van der Waals surface area contributed by atoms with Gasteiger partial charge in [-0.05, 0) is 49.3 Å². The van der Waals surface area contributed by atoms with Crippen molar-refractivity contribution in [2.24, 2.45) is 11.8 Å². The normalized spacial score (nSPS) is 18.5. The zero-order valence-electron chi connectivity index (χ0n) is 21.6. The number of nitrogens with zero attached hydrogens (tertiary/aromatic N) is 4. The van der Waals surface area contributed by atoms with Crippen LogP contribution in [0.25, 0.3) is 16.7 Å². The molecule has 0 spiro atoms. The molecule has 1 fully saturated rings. The smallest absolute Gasteiger partial charge is 0.267 e. The molecule has 2 atom stereocenters. The number of unbranched alkanes of at least 4 members (excludes halogenated alkanes) is 5. The van der Waals surface area contributed by atoms with E-state index in [4.69, 9.17) is 10.4 Å². The number of likely N-dealkylation sites (tertiary alicyclic amines) is 1. The molecule has 3 aromatic rings. The molecule has 35 heavy (non-hydrogen) atoms. The first-order valence-electron chi connectivity index (χ1n) is 13.2. The largest absolute Gasteiger partial charge is 0.338 e. The van der Waals surface area contributed by atoms with Crippen LogP contribution in [0.15, 0.2) is 29.2 Å². The van der Waals surface area contributed by atoms with Gasteiger partial charge in [0.05, 0.1) is 10.9 Å². The average molecular weight is 478 g/mol. The van der Waals surface area contributed by atoms with Gasteiger partial charge in [-0.15, -0.1) is 0 Å². The molecular formula is C28H39N5O2. The Morgan fingerprint density at radius 2 is 1.77 bits per heavy atom. The SMILES string of the molecule is CCCCCCCCn1c(=N)c(C(=O)N2CC(C)CC(C)C2)cc2c(=O)n3cccc(C)c3nc21. The molecule has 1 aliphatic heterocycles. The highest BCUT2D eigenvalue weighted by atomic mass is 16.2. The Hall–Kier alpha value is -2.96. The molecule has 4 rings (SSSR count). The number of nitrogens with one attached hydrogen (secondary N) is 1. The van der Waals surface area contributed by atoms with E-state index in [9.17, 15) is 9.59 Å². The van der Waals surface area contributed by atoms with Gasteiger partial charge in [-0.1, -0.05) is 58.9 Å². The van der Waals surface area contributed by atoms with Gasteiger partial charge in [0.15, 0.2) is 0 Å². The molecule has 4 heterocycles. The van der Waals surface area contributed by atoms with Crippen LogP contribution in [0.3, 0.4) is 0 Å². The Balaban J connectivity index is 1.81. The third kappa shape index (κ3) is 5.19. The van der Waals surface area contributed by atoms with Crippen molar-refractivity contribution in [2.45, 2.75) is 79.2 Å². The highest BCUT2D eigenvalue weighted by Gasteiger charge is 2.28. The molecule has 1 aliphatic rings. The number of aromatic nitrogens is 3. The third-order valence-corrected chi connectivity index (χ3v) is 7.26. The lowest BCUT2D eigenvalue weighted by Gasteiger charge is -2.35. The van der Waals surface area contributed by atoms with Crippen LogP contribution in [0.5, 0.6) is 0 Å². The van der Waals surface area contributed by atoms with Crippen LogP contribution in [-0.4, -0.2) is 37.8 Å². The lowest BCUT2D eigenvalue weighted by atomic mass is 9.91. The van der Waals surface area contributed by atoms with Gasteiger partial charge in [0.1, 0.15) is 16.8 Å². The molecule has 3 aromatic heterocycles. The molecule has 2 unspecified atom stereocenters. The van der Waals surface area contributed by atoms with E-state index >= 15 is 0 Å². The fourth-order valence-electron chi connectivity index (χ4n) is 5.53. The minimum absolute atomic E-state index is 0.152. The first-order valence-corrected chi connectivity index (χ1v) is 13.2. The van der Waals surface area contributed by atoms with Crippen LogP contribution in [0.2, 0.25) is 0 Å². The van der Waals surface area contributed by atoms with Crippen molar-refractivity contribution >= 4 is 22.6 Å². The van der Waals surface area contributed by atoms with Gasteiger partial charge in [0, 0.05) is 25.8 Å². The second-order valence-electron chi connectivity index (χ2n) is 10.5. The summed E-state index contributed by atoms with van der Waals surface area (Å²) >= 11 is 0. The topological polar surface area (TPSA) is 83.5 Å². The van der Waals surface area contributed by atoms with E-state index in [0.29, 0.717) is 53.7 Å². The second-order valence-corrected chi connectivity index (χ2v) is 10.5. The van der Waals surface area contributed by atoms with Crippen molar-refractivity contribution in [3.8, 4) is 0 Å². The molecule has 0 aliphatic carbocycles. The average Bonchev–Trinajstić information content (AvgIpc) is 2.82. The second kappa shape index (κ2) is 10.8. The van der Waals surface area contributed by atoms with Gasteiger partial charge in [0.25, 0.3) is 11.5 Å². The number of rotatable bonds is 8. The monoisotopic (exact) mass is 477 g/mol.